The van der Waals surface area contributed by atoms with Crippen molar-refractivity contribution in [1.29, 1.82) is 0 Å². The summed E-state index contributed by atoms with van der Waals surface area (Å²) >= 11 is 0. The minimum atomic E-state index is 0.0364. The van der Waals surface area contributed by atoms with Crippen LogP contribution in [-0.4, -0.2) is 23.0 Å². The fourth-order valence-corrected chi connectivity index (χ4v) is 2.02. The number of fused-ring (bicyclic) bond motifs is 1. The van der Waals surface area contributed by atoms with Gasteiger partial charge in [0.2, 0.25) is 0 Å². The molecule has 1 aliphatic rings. The van der Waals surface area contributed by atoms with Crippen LogP contribution in [0, 0.1) is 0 Å². The van der Waals surface area contributed by atoms with Crippen LogP contribution in [0.4, 0.5) is 5.82 Å². The molecule has 5 heteroatoms. The Bertz CT molecular complexity index is 604. The number of hydrogen-bond acceptors (Lipinski definition) is 4. The van der Waals surface area contributed by atoms with E-state index in [1.807, 2.05) is 18.2 Å². The number of rotatable bonds is 1. The molecule has 0 atom stereocenters. The van der Waals surface area contributed by atoms with E-state index in [9.17, 15) is 4.79 Å². The van der Waals surface area contributed by atoms with Gasteiger partial charge in [0, 0.05) is 30.8 Å². The second kappa shape index (κ2) is 3.35. The molecule has 1 aromatic heterocycles. The third-order valence-corrected chi connectivity index (χ3v) is 2.91. The monoisotopic (exact) mass is 229 g/mol. The summed E-state index contributed by atoms with van der Waals surface area (Å²) in [6.07, 6.45) is 0. The van der Waals surface area contributed by atoms with Gasteiger partial charge in [-0.1, -0.05) is 17.3 Å². The molecular formula is C12H11N3O2. The molecule has 0 saturated carbocycles. The van der Waals surface area contributed by atoms with Crippen LogP contribution < -0.4 is 5.73 Å². The lowest BCUT2D eigenvalue weighted by Crippen LogP contribution is -2.17. The minimum Gasteiger partial charge on any atom is -0.381 e. The van der Waals surface area contributed by atoms with E-state index in [1.54, 1.807) is 18.0 Å². The molecule has 5 nitrogen and oxygen atoms in total. The molecule has 2 aromatic rings. The zero-order valence-electron chi connectivity index (χ0n) is 9.30. The molecule has 0 radical (unpaired) electrons. The van der Waals surface area contributed by atoms with E-state index >= 15 is 0 Å². The van der Waals surface area contributed by atoms with Crippen molar-refractivity contribution in [3.8, 4) is 11.3 Å². The van der Waals surface area contributed by atoms with Crippen molar-refractivity contribution in [2.24, 2.45) is 0 Å². The Balaban J connectivity index is 2.08. The van der Waals surface area contributed by atoms with Gasteiger partial charge in [-0.25, -0.2) is 0 Å². The van der Waals surface area contributed by atoms with Gasteiger partial charge in [0.05, 0.1) is 0 Å². The highest BCUT2D eigenvalue weighted by Gasteiger charge is 2.24. The molecule has 0 saturated heterocycles. The maximum absolute atomic E-state index is 11.8. The van der Waals surface area contributed by atoms with Gasteiger partial charge in [0.25, 0.3) is 5.91 Å². The number of nitrogens with zero attached hydrogens (tertiary/aromatic N) is 2. The molecule has 2 heterocycles. The van der Waals surface area contributed by atoms with E-state index in [-0.39, 0.29) is 5.91 Å². The first-order valence-corrected chi connectivity index (χ1v) is 5.26. The second-order valence-electron chi connectivity index (χ2n) is 4.15. The third kappa shape index (κ3) is 1.47. The molecule has 0 aliphatic carbocycles. The highest BCUT2D eigenvalue weighted by atomic mass is 16.5. The average molecular weight is 229 g/mol. The van der Waals surface area contributed by atoms with Gasteiger partial charge in [-0.3, -0.25) is 4.79 Å². The topological polar surface area (TPSA) is 72.4 Å². The zero-order chi connectivity index (χ0) is 12.0. The van der Waals surface area contributed by atoms with Crippen molar-refractivity contribution in [2.45, 2.75) is 6.54 Å². The Morgan fingerprint density at radius 3 is 2.94 bits per heavy atom. The summed E-state index contributed by atoms with van der Waals surface area (Å²) in [4.78, 5) is 13.5. The number of carbonyl (C=O) groups is 1. The van der Waals surface area contributed by atoms with Crippen LogP contribution in [0.3, 0.4) is 0 Å². The fraction of sp³-hybridized carbons (Fsp3) is 0.167. The number of anilines is 1. The standard InChI is InChI=1S/C12H11N3O2/c1-15-6-8-3-2-7(4-9(8)12(15)16)10-5-11(13)14-17-10/h2-5H,6H2,1H3,(H2,13,14). The normalized spacial score (nSPS) is 14.2. The summed E-state index contributed by atoms with van der Waals surface area (Å²) in [5.74, 6) is 0.950. The summed E-state index contributed by atoms with van der Waals surface area (Å²) < 4.78 is 5.07. The van der Waals surface area contributed by atoms with Crippen molar-refractivity contribution in [1.82, 2.24) is 10.1 Å². The number of carbonyl (C=O) groups excluding carboxylic acids is 1. The van der Waals surface area contributed by atoms with Crippen molar-refractivity contribution < 1.29 is 9.32 Å². The van der Waals surface area contributed by atoms with Crippen LogP contribution in [0.2, 0.25) is 0 Å². The first-order chi connectivity index (χ1) is 8.15. The van der Waals surface area contributed by atoms with E-state index in [0.717, 1.165) is 16.7 Å². The molecule has 1 aromatic carbocycles. The van der Waals surface area contributed by atoms with Gasteiger partial charge >= 0.3 is 0 Å². The number of benzene rings is 1. The molecule has 0 unspecified atom stereocenters. The van der Waals surface area contributed by atoms with E-state index in [4.69, 9.17) is 10.3 Å². The predicted octanol–water partition coefficient (Wildman–Crippen LogP) is 1.51. The van der Waals surface area contributed by atoms with Crippen molar-refractivity contribution >= 4 is 11.7 Å². The van der Waals surface area contributed by atoms with Crippen LogP contribution in [0.1, 0.15) is 15.9 Å². The first kappa shape index (κ1) is 9.89. The summed E-state index contributed by atoms with van der Waals surface area (Å²) in [6, 6.07) is 7.31. The highest BCUT2D eigenvalue weighted by molar-refractivity contribution is 5.99. The molecule has 0 spiro atoms. The summed E-state index contributed by atoms with van der Waals surface area (Å²) in [5, 5.41) is 3.63. The lowest BCUT2D eigenvalue weighted by atomic mass is 10.0. The van der Waals surface area contributed by atoms with Crippen LogP contribution in [0.5, 0.6) is 0 Å². The quantitative estimate of drug-likeness (QED) is 0.804. The highest BCUT2D eigenvalue weighted by Crippen LogP contribution is 2.28. The lowest BCUT2D eigenvalue weighted by molar-refractivity contribution is 0.0816. The van der Waals surface area contributed by atoms with Crippen LogP contribution >= 0.6 is 0 Å². The number of amides is 1. The largest absolute Gasteiger partial charge is 0.381 e. The summed E-state index contributed by atoms with van der Waals surface area (Å²) in [7, 11) is 1.79. The number of nitrogens with two attached hydrogens (primary N) is 1. The molecule has 17 heavy (non-hydrogen) atoms. The predicted molar refractivity (Wildman–Crippen MR) is 62.1 cm³/mol. The molecule has 2 N–H and O–H groups in total. The fourth-order valence-electron chi connectivity index (χ4n) is 2.02. The Morgan fingerprint density at radius 1 is 1.41 bits per heavy atom. The van der Waals surface area contributed by atoms with Crippen LogP contribution in [0.15, 0.2) is 28.8 Å². The maximum Gasteiger partial charge on any atom is 0.254 e. The Morgan fingerprint density at radius 2 is 2.24 bits per heavy atom. The van der Waals surface area contributed by atoms with Crippen LogP contribution in [-0.2, 0) is 6.54 Å². The van der Waals surface area contributed by atoms with Crippen LogP contribution in [0.25, 0.3) is 11.3 Å². The molecule has 0 bridgehead atoms. The number of hydrogen-bond donors (Lipinski definition) is 1. The summed E-state index contributed by atoms with van der Waals surface area (Å²) in [5.41, 5.74) is 8.07. The van der Waals surface area contributed by atoms with E-state index in [0.29, 0.717) is 18.1 Å². The summed E-state index contributed by atoms with van der Waals surface area (Å²) in [6.45, 7) is 0.660. The molecule has 1 aliphatic heterocycles. The first-order valence-electron chi connectivity index (χ1n) is 5.26. The molecule has 1 amide bonds. The van der Waals surface area contributed by atoms with Crippen molar-refractivity contribution in [2.75, 3.05) is 12.8 Å². The van der Waals surface area contributed by atoms with Gasteiger partial charge in [-0.15, -0.1) is 0 Å². The van der Waals surface area contributed by atoms with E-state index in [2.05, 4.69) is 5.16 Å². The van der Waals surface area contributed by atoms with E-state index < -0.39 is 0 Å². The van der Waals surface area contributed by atoms with Gasteiger partial charge in [0.15, 0.2) is 11.6 Å². The average Bonchev–Trinajstić information content (AvgIpc) is 2.85. The lowest BCUT2D eigenvalue weighted by Gasteiger charge is -2.04. The Hall–Kier alpha value is -2.30. The molecule has 3 rings (SSSR count). The van der Waals surface area contributed by atoms with Crippen molar-refractivity contribution in [3.63, 3.8) is 0 Å². The minimum absolute atomic E-state index is 0.0364. The van der Waals surface area contributed by atoms with Gasteiger partial charge in [0.1, 0.15) is 0 Å². The zero-order valence-corrected chi connectivity index (χ0v) is 9.30. The third-order valence-electron chi connectivity index (χ3n) is 2.91. The molecule has 0 fully saturated rings. The number of aromatic nitrogens is 1. The Kier molecular flexibility index (Phi) is 1.95. The molecular weight excluding hydrogens is 218 g/mol. The van der Waals surface area contributed by atoms with E-state index in [1.165, 1.54) is 0 Å². The smallest absolute Gasteiger partial charge is 0.254 e. The van der Waals surface area contributed by atoms with Crippen molar-refractivity contribution in [3.05, 3.63) is 35.4 Å². The van der Waals surface area contributed by atoms with Gasteiger partial charge in [-0.05, 0) is 11.6 Å². The number of nitrogen functional groups attached to an aromatic ring is 1. The molecule has 86 valence electrons. The maximum atomic E-state index is 11.8. The second-order valence-corrected chi connectivity index (χ2v) is 4.15. The SMILES string of the molecule is CN1Cc2ccc(-c3cc(N)no3)cc2C1=O. The Labute approximate surface area is 97.8 Å². The van der Waals surface area contributed by atoms with Gasteiger partial charge < -0.3 is 15.2 Å². The van der Waals surface area contributed by atoms with Gasteiger partial charge in [-0.2, -0.15) is 0 Å².